The molecule has 42 heavy (non-hydrogen) atoms. The summed E-state index contributed by atoms with van der Waals surface area (Å²) in [5.41, 5.74) is 1.51. The monoisotopic (exact) mass is 570 g/mol. The molecule has 1 aliphatic rings. The maximum atomic E-state index is 15.7. The Morgan fingerprint density at radius 3 is 2.76 bits per heavy atom. The molecule has 12 heteroatoms. The number of amides is 2. The van der Waals surface area contributed by atoms with Gasteiger partial charge in [-0.15, -0.1) is 0 Å². The molecule has 4 aromatic rings. The lowest BCUT2D eigenvalue weighted by Gasteiger charge is -2.23. The van der Waals surface area contributed by atoms with Gasteiger partial charge in [0.2, 0.25) is 0 Å². The Hall–Kier alpha value is -5.57. The van der Waals surface area contributed by atoms with Gasteiger partial charge in [0.05, 0.1) is 47.3 Å². The molecule has 0 radical (unpaired) electrons. The van der Waals surface area contributed by atoms with E-state index in [9.17, 15) is 19.2 Å². The lowest BCUT2D eigenvalue weighted by molar-refractivity contribution is 0.102. The number of methoxy groups -OCH3 is 1. The molecule has 3 heterocycles. The Labute approximate surface area is 239 Å². The highest BCUT2D eigenvalue weighted by molar-refractivity contribution is 6.07. The number of aromatic nitrogens is 2. The van der Waals surface area contributed by atoms with Gasteiger partial charge in [-0.25, -0.2) is 13.6 Å². The number of halogens is 2. The summed E-state index contributed by atoms with van der Waals surface area (Å²) in [4.78, 5) is 34.6. The van der Waals surface area contributed by atoms with E-state index in [0.717, 1.165) is 6.07 Å². The van der Waals surface area contributed by atoms with Crippen molar-refractivity contribution < 1.29 is 28.2 Å². The van der Waals surface area contributed by atoms with Gasteiger partial charge in [-0.3, -0.25) is 14.8 Å². The highest BCUT2D eigenvalue weighted by Crippen LogP contribution is 2.36. The van der Waals surface area contributed by atoms with Crippen LogP contribution in [0.2, 0.25) is 0 Å². The van der Waals surface area contributed by atoms with Crippen LogP contribution in [-0.4, -0.2) is 53.3 Å². The number of carbonyl (C=O) groups is 2. The van der Waals surface area contributed by atoms with Crippen molar-refractivity contribution in [2.75, 3.05) is 30.4 Å². The largest absolute Gasteiger partial charge is 0.496 e. The standard InChI is InChI=1S/C30H24F2N6O4/c1-42-25-4-2-3-22(31)26(25)28-27(32)20(8-11-35-28)29(39)37-23-6-5-17(21-15-34-10-7-18(21)14-33)13-24(23)38-12-9-19(16-38)36-30(40)41/h2-8,10-11,13,15,19,36H,9,12,16H2,1H3,(H,37,39)(H,40,41). The summed E-state index contributed by atoms with van der Waals surface area (Å²) in [6, 6.07) is 13.6. The van der Waals surface area contributed by atoms with Gasteiger partial charge < -0.3 is 25.4 Å². The summed E-state index contributed by atoms with van der Waals surface area (Å²) in [5, 5.41) is 24.0. The molecular formula is C30H24F2N6O4. The molecule has 3 N–H and O–H groups in total. The van der Waals surface area contributed by atoms with Crippen LogP contribution in [-0.2, 0) is 0 Å². The molecule has 212 valence electrons. The van der Waals surface area contributed by atoms with Crippen molar-refractivity contribution in [3.63, 3.8) is 0 Å². The predicted molar refractivity (Wildman–Crippen MR) is 150 cm³/mol. The summed E-state index contributed by atoms with van der Waals surface area (Å²) < 4.78 is 35.6. The lowest BCUT2D eigenvalue weighted by atomic mass is 10.0. The fraction of sp³-hybridized carbons (Fsp3) is 0.167. The zero-order chi connectivity index (χ0) is 29.8. The number of pyridine rings is 2. The van der Waals surface area contributed by atoms with E-state index in [0.29, 0.717) is 47.6 Å². The van der Waals surface area contributed by atoms with Crippen molar-refractivity contribution in [3.8, 4) is 34.2 Å². The average molecular weight is 571 g/mol. The second kappa shape index (κ2) is 11.9. The maximum absolute atomic E-state index is 15.7. The Bertz CT molecular complexity index is 1720. The number of nitrogens with one attached hydrogen (secondary N) is 2. The van der Waals surface area contributed by atoms with E-state index >= 15 is 4.39 Å². The Balaban J connectivity index is 1.53. The summed E-state index contributed by atoms with van der Waals surface area (Å²) in [6.45, 7) is 0.786. The van der Waals surface area contributed by atoms with Gasteiger partial charge in [0.25, 0.3) is 5.91 Å². The SMILES string of the molecule is COc1cccc(F)c1-c1nccc(C(=O)Nc2ccc(-c3cnccc3C#N)cc2N2CCC(NC(=O)O)C2)c1F. The number of anilines is 2. The lowest BCUT2D eigenvalue weighted by Crippen LogP contribution is -2.36. The van der Waals surface area contributed by atoms with Crippen LogP contribution >= 0.6 is 0 Å². The first-order valence-corrected chi connectivity index (χ1v) is 12.8. The van der Waals surface area contributed by atoms with Crippen LogP contribution < -0.4 is 20.3 Å². The van der Waals surface area contributed by atoms with E-state index in [1.807, 2.05) is 4.90 Å². The molecule has 1 unspecified atom stereocenters. The smallest absolute Gasteiger partial charge is 0.404 e. The Morgan fingerprint density at radius 2 is 2.00 bits per heavy atom. The molecule has 10 nitrogen and oxygen atoms in total. The molecule has 2 aromatic heterocycles. The van der Waals surface area contributed by atoms with Crippen molar-refractivity contribution >= 4 is 23.4 Å². The summed E-state index contributed by atoms with van der Waals surface area (Å²) >= 11 is 0. The molecule has 2 aromatic carbocycles. The predicted octanol–water partition coefficient (Wildman–Crippen LogP) is 5.07. The third kappa shape index (κ3) is 5.53. The number of nitriles is 1. The maximum Gasteiger partial charge on any atom is 0.404 e. The van der Waals surface area contributed by atoms with Crippen LogP contribution in [0.15, 0.2) is 67.1 Å². The van der Waals surface area contributed by atoms with Crippen molar-refractivity contribution in [2.24, 2.45) is 0 Å². The molecule has 0 spiro atoms. The zero-order valence-electron chi connectivity index (χ0n) is 22.3. The number of rotatable bonds is 7. The highest BCUT2D eigenvalue weighted by atomic mass is 19.1. The fourth-order valence-electron chi connectivity index (χ4n) is 4.95. The van der Waals surface area contributed by atoms with E-state index in [1.165, 1.54) is 37.7 Å². The number of carboxylic acid groups (broad SMARTS) is 1. The minimum Gasteiger partial charge on any atom is -0.496 e. The molecule has 1 saturated heterocycles. The molecule has 5 rings (SSSR count). The van der Waals surface area contributed by atoms with Gasteiger partial charge in [-0.1, -0.05) is 12.1 Å². The van der Waals surface area contributed by atoms with E-state index in [1.54, 1.807) is 30.5 Å². The topological polar surface area (TPSA) is 140 Å². The van der Waals surface area contributed by atoms with Crippen LogP contribution in [0.4, 0.5) is 25.0 Å². The molecule has 1 atom stereocenters. The normalized spacial score (nSPS) is 14.2. The summed E-state index contributed by atoms with van der Waals surface area (Å²) in [7, 11) is 1.32. The van der Waals surface area contributed by atoms with E-state index in [2.05, 4.69) is 26.7 Å². The average Bonchev–Trinajstić information content (AvgIpc) is 3.45. The quantitative estimate of drug-likeness (QED) is 0.280. The number of nitrogens with zero attached hydrogens (tertiary/aromatic N) is 4. The second-order valence-corrected chi connectivity index (χ2v) is 9.44. The highest BCUT2D eigenvalue weighted by Gasteiger charge is 2.28. The number of carbonyl (C=O) groups excluding carboxylic acids is 1. The number of hydrogen-bond acceptors (Lipinski definition) is 7. The minimum absolute atomic E-state index is 0.0579. The van der Waals surface area contributed by atoms with E-state index in [-0.39, 0.29) is 28.6 Å². The molecule has 0 saturated carbocycles. The zero-order valence-corrected chi connectivity index (χ0v) is 22.3. The van der Waals surface area contributed by atoms with Crippen molar-refractivity contribution in [2.45, 2.75) is 12.5 Å². The second-order valence-electron chi connectivity index (χ2n) is 9.44. The molecule has 1 aliphatic heterocycles. The summed E-state index contributed by atoms with van der Waals surface area (Å²) in [6.07, 6.45) is 3.65. The van der Waals surface area contributed by atoms with Crippen LogP contribution in [0.5, 0.6) is 5.75 Å². The number of ether oxygens (including phenoxy) is 1. The third-order valence-electron chi connectivity index (χ3n) is 6.92. The van der Waals surface area contributed by atoms with E-state index in [4.69, 9.17) is 9.84 Å². The van der Waals surface area contributed by atoms with Gasteiger partial charge in [-0.05, 0) is 48.4 Å². The minimum atomic E-state index is -1.14. The van der Waals surface area contributed by atoms with Crippen LogP contribution in [0.25, 0.3) is 22.4 Å². The first kappa shape index (κ1) is 28.0. The van der Waals surface area contributed by atoms with E-state index < -0.39 is 23.6 Å². The fourth-order valence-corrected chi connectivity index (χ4v) is 4.95. The molecular weight excluding hydrogens is 546 g/mol. The summed E-state index contributed by atoms with van der Waals surface area (Å²) in [5.74, 6) is -2.54. The van der Waals surface area contributed by atoms with Crippen LogP contribution in [0, 0.1) is 23.0 Å². The van der Waals surface area contributed by atoms with Crippen LogP contribution in [0.3, 0.4) is 0 Å². The van der Waals surface area contributed by atoms with Crippen molar-refractivity contribution in [3.05, 3.63) is 89.9 Å². The van der Waals surface area contributed by atoms with Crippen molar-refractivity contribution in [1.82, 2.24) is 15.3 Å². The first-order valence-electron chi connectivity index (χ1n) is 12.8. The van der Waals surface area contributed by atoms with Crippen LogP contribution in [0.1, 0.15) is 22.3 Å². The Kier molecular flexibility index (Phi) is 7.92. The van der Waals surface area contributed by atoms with Gasteiger partial charge in [0, 0.05) is 37.2 Å². The molecule has 2 amide bonds. The Morgan fingerprint density at radius 1 is 1.17 bits per heavy atom. The van der Waals surface area contributed by atoms with Crippen molar-refractivity contribution in [1.29, 1.82) is 5.26 Å². The van der Waals surface area contributed by atoms with Gasteiger partial charge in [0.1, 0.15) is 17.3 Å². The molecule has 1 fully saturated rings. The number of benzene rings is 2. The molecule has 0 bridgehead atoms. The van der Waals surface area contributed by atoms with Gasteiger partial charge in [0.15, 0.2) is 5.82 Å². The first-order chi connectivity index (χ1) is 20.3. The van der Waals surface area contributed by atoms with Gasteiger partial charge in [-0.2, -0.15) is 5.26 Å². The molecule has 0 aliphatic carbocycles. The third-order valence-corrected chi connectivity index (χ3v) is 6.92. The number of hydrogen-bond donors (Lipinski definition) is 3. The van der Waals surface area contributed by atoms with Gasteiger partial charge >= 0.3 is 6.09 Å².